The van der Waals surface area contributed by atoms with Crippen LogP contribution in [0.25, 0.3) is 10.1 Å². The fraction of sp³-hybridized carbons (Fsp3) is 0.619. The molecule has 5 aliphatic heterocycles. The molecule has 5 fully saturated rings. The largest absolute Gasteiger partial charge is 0.366 e. The molecular formula is C21H27N5OS. The van der Waals surface area contributed by atoms with Crippen LogP contribution in [0.1, 0.15) is 29.8 Å². The number of fused-ring (bicyclic) bond motifs is 7. The van der Waals surface area contributed by atoms with Gasteiger partial charge in [0.05, 0.1) is 4.70 Å². The summed E-state index contributed by atoms with van der Waals surface area (Å²) in [5.41, 5.74) is 1.95. The number of nitrogens with zero attached hydrogens (tertiary/aromatic N) is 5. The molecule has 1 aromatic heterocycles. The highest BCUT2D eigenvalue weighted by molar-refractivity contribution is 7.13. The second-order valence-electron chi connectivity index (χ2n) is 8.92. The van der Waals surface area contributed by atoms with Gasteiger partial charge in [-0.2, -0.15) is 4.37 Å². The van der Waals surface area contributed by atoms with Crippen LogP contribution < -0.4 is 4.90 Å². The monoisotopic (exact) mass is 397 g/mol. The van der Waals surface area contributed by atoms with Gasteiger partial charge in [-0.3, -0.25) is 9.69 Å². The summed E-state index contributed by atoms with van der Waals surface area (Å²) < 4.78 is 5.76. The van der Waals surface area contributed by atoms with E-state index in [1.807, 2.05) is 0 Å². The Morgan fingerprint density at radius 1 is 1.07 bits per heavy atom. The van der Waals surface area contributed by atoms with E-state index in [0.717, 1.165) is 62.2 Å². The number of carbonyl (C=O) groups excluding carboxylic acids is 1. The lowest BCUT2D eigenvalue weighted by atomic mass is 10.0. The molecule has 0 aliphatic carbocycles. The number of carbonyl (C=O) groups is 1. The number of anilines is 1. The molecule has 0 N–H and O–H groups in total. The summed E-state index contributed by atoms with van der Waals surface area (Å²) >= 11 is 1.48. The highest BCUT2D eigenvalue weighted by Crippen LogP contribution is 2.36. The standard InChI is InChI=1S/C21H27N5OS/c1-23-12-17-10-16(23)13-26(17)15-2-3-18-19(11-15)28-22-20(18)21(27)25-9-8-24-6-4-14(25)5-7-24/h2-3,11,14,16-17H,4-10,12-13H2,1H3/t16-,17-/m1/s1. The van der Waals surface area contributed by atoms with Crippen LogP contribution in [0.5, 0.6) is 0 Å². The Labute approximate surface area is 169 Å². The molecule has 0 radical (unpaired) electrons. The van der Waals surface area contributed by atoms with Crippen molar-refractivity contribution in [1.82, 2.24) is 19.1 Å². The average Bonchev–Trinajstić information content (AvgIpc) is 3.34. The molecule has 0 unspecified atom stereocenters. The Morgan fingerprint density at radius 3 is 2.68 bits per heavy atom. The maximum atomic E-state index is 13.3. The number of aromatic nitrogens is 1. The minimum absolute atomic E-state index is 0.134. The van der Waals surface area contributed by atoms with Gasteiger partial charge < -0.3 is 14.7 Å². The Kier molecular flexibility index (Phi) is 3.93. The van der Waals surface area contributed by atoms with Gasteiger partial charge in [-0.05, 0) is 56.0 Å². The molecule has 6 heterocycles. The molecule has 5 saturated heterocycles. The Hall–Kier alpha value is -1.70. The van der Waals surface area contributed by atoms with Crippen molar-refractivity contribution < 1.29 is 4.79 Å². The topological polar surface area (TPSA) is 42.9 Å². The smallest absolute Gasteiger partial charge is 0.274 e. The zero-order valence-corrected chi connectivity index (χ0v) is 17.2. The second-order valence-corrected chi connectivity index (χ2v) is 9.72. The quantitative estimate of drug-likeness (QED) is 0.777. The predicted molar refractivity (Wildman–Crippen MR) is 112 cm³/mol. The lowest BCUT2D eigenvalue weighted by molar-refractivity contribution is 0.0682. The number of benzene rings is 1. The molecule has 7 rings (SSSR count). The van der Waals surface area contributed by atoms with Crippen LogP contribution in [0.2, 0.25) is 0 Å². The number of piperazine rings is 1. The molecule has 5 aliphatic rings. The third-order valence-corrected chi connectivity index (χ3v) is 8.23. The number of amides is 1. The number of hydrogen-bond acceptors (Lipinski definition) is 6. The fourth-order valence-corrected chi connectivity index (χ4v) is 6.53. The SMILES string of the molecule is CN1C[C@H]2C[C@@H]1CN2c1ccc2c(C(=O)N3CCN4CCC3CC4)nsc2c1. The molecule has 6 nitrogen and oxygen atoms in total. The molecule has 0 spiro atoms. The zero-order chi connectivity index (χ0) is 18.8. The molecule has 1 aromatic carbocycles. The van der Waals surface area contributed by atoms with Crippen molar-refractivity contribution in [3.05, 3.63) is 23.9 Å². The van der Waals surface area contributed by atoms with Gasteiger partial charge in [-0.15, -0.1) is 0 Å². The van der Waals surface area contributed by atoms with E-state index >= 15 is 0 Å². The van der Waals surface area contributed by atoms with Crippen molar-refractivity contribution >= 4 is 33.2 Å². The molecular weight excluding hydrogens is 370 g/mol. The molecule has 2 atom stereocenters. The number of likely N-dealkylation sites (tertiary alicyclic amines) is 1. The van der Waals surface area contributed by atoms with Gasteiger partial charge in [0, 0.05) is 68.5 Å². The summed E-state index contributed by atoms with van der Waals surface area (Å²) in [5.74, 6) is 0.134. The molecule has 0 saturated carbocycles. The van der Waals surface area contributed by atoms with E-state index in [4.69, 9.17) is 0 Å². The van der Waals surface area contributed by atoms with Crippen molar-refractivity contribution in [2.45, 2.75) is 37.4 Å². The number of rotatable bonds is 2. The van der Waals surface area contributed by atoms with Crippen LogP contribution in [0.4, 0.5) is 5.69 Å². The Morgan fingerprint density at radius 2 is 1.93 bits per heavy atom. The minimum atomic E-state index is 0.134. The lowest BCUT2D eigenvalue weighted by Crippen LogP contribution is -2.44. The van der Waals surface area contributed by atoms with Gasteiger partial charge in [-0.25, -0.2) is 0 Å². The van der Waals surface area contributed by atoms with Gasteiger partial charge >= 0.3 is 0 Å². The Balaban J connectivity index is 1.28. The van der Waals surface area contributed by atoms with Gasteiger partial charge in [0.15, 0.2) is 0 Å². The highest BCUT2D eigenvalue weighted by Gasteiger charge is 2.41. The zero-order valence-electron chi connectivity index (χ0n) is 16.4. The van der Waals surface area contributed by atoms with E-state index in [9.17, 15) is 4.79 Å². The van der Waals surface area contributed by atoms with Gasteiger partial charge in [0.25, 0.3) is 5.91 Å². The van der Waals surface area contributed by atoms with E-state index in [2.05, 4.69) is 49.2 Å². The van der Waals surface area contributed by atoms with Crippen molar-refractivity contribution in [1.29, 1.82) is 0 Å². The van der Waals surface area contributed by atoms with E-state index in [0.29, 0.717) is 23.8 Å². The minimum Gasteiger partial charge on any atom is -0.366 e. The summed E-state index contributed by atoms with van der Waals surface area (Å²) in [6.45, 7) is 6.36. The van der Waals surface area contributed by atoms with Gasteiger partial charge in [-0.1, -0.05) is 0 Å². The molecule has 148 valence electrons. The van der Waals surface area contributed by atoms with Gasteiger partial charge in [0.2, 0.25) is 0 Å². The third-order valence-electron chi connectivity index (χ3n) is 7.42. The number of hydrogen-bond donors (Lipinski definition) is 0. The van der Waals surface area contributed by atoms with Crippen LogP contribution in [-0.4, -0.2) is 89.4 Å². The van der Waals surface area contributed by atoms with E-state index in [1.54, 1.807) is 0 Å². The van der Waals surface area contributed by atoms with Crippen LogP contribution in [0.15, 0.2) is 18.2 Å². The number of piperidine rings is 1. The van der Waals surface area contributed by atoms with E-state index < -0.39 is 0 Å². The lowest BCUT2D eigenvalue weighted by Gasteiger charge is -2.33. The predicted octanol–water partition coefficient (Wildman–Crippen LogP) is 2.11. The fourth-order valence-electron chi connectivity index (χ4n) is 5.73. The van der Waals surface area contributed by atoms with Crippen LogP contribution in [-0.2, 0) is 0 Å². The molecule has 1 amide bonds. The second kappa shape index (κ2) is 6.40. The van der Waals surface area contributed by atoms with Crippen LogP contribution >= 0.6 is 11.5 Å². The van der Waals surface area contributed by atoms with Crippen molar-refractivity contribution in [3.8, 4) is 0 Å². The molecule has 2 aromatic rings. The normalized spacial score (nSPS) is 32.5. The summed E-state index contributed by atoms with van der Waals surface area (Å²) in [7, 11) is 2.23. The van der Waals surface area contributed by atoms with E-state index in [-0.39, 0.29) is 5.91 Å². The van der Waals surface area contributed by atoms with Crippen molar-refractivity contribution in [2.24, 2.45) is 0 Å². The van der Waals surface area contributed by atoms with Gasteiger partial charge in [0.1, 0.15) is 5.69 Å². The first-order chi connectivity index (χ1) is 13.7. The first-order valence-corrected chi connectivity index (χ1v) is 11.3. The van der Waals surface area contributed by atoms with Crippen LogP contribution in [0, 0.1) is 0 Å². The highest BCUT2D eigenvalue weighted by atomic mass is 32.1. The molecule has 7 heteroatoms. The van der Waals surface area contributed by atoms with Crippen molar-refractivity contribution in [2.75, 3.05) is 51.2 Å². The first kappa shape index (κ1) is 17.2. The summed E-state index contributed by atoms with van der Waals surface area (Å²) in [6, 6.07) is 8.30. The first-order valence-electron chi connectivity index (χ1n) is 10.6. The maximum Gasteiger partial charge on any atom is 0.274 e. The van der Waals surface area contributed by atoms with Crippen molar-refractivity contribution in [3.63, 3.8) is 0 Å². The van der Waals surface area contributed by atoms with Crippen LogP contribution in [0.3, 0.4) is 0 Å². The number of likely N-dealkylation sites (N-methyl/N-ethyl adjacent to an activating group) is 1. The maximum absolute atomic E-state index is 13.3. The van der Waals surface area contributed by atoms with E-state index in [1.165, 1.54) is 23.6 Å². The molecule has 28 heavy (non-hydrogen) atoms. The summed E-state index contributed by atoms with van der Waals surface area (Å²) in [6.07, 6.45) is 3.47. The summed E-state index contributed by atoms with van der Waals surface area (Å²) in [4.78, 5) is 22.9. The third kappa shape index (κ3) is 2.60. The summed E-state index contributed by atoms with van der Waals surface area (Å²) in [5, 5.41) is 1.03. The Bertz CT molecular complexity index is 919. The average molecular weight is 398 g/mol. The molecule has 4 bridgehead atoms.